The average molecular weight is 496 g/mol. The molecule has 4 aliphatic rings. The minimum atomic E-state index is -0.639. The molecule has 0 radical (unpaired) electrons. The van der Waals surface area contributed by atoms with Gasteiger partial charge in [0.2, 0.25) is 11.8 Å². The first-order chi connectivity index (χ1) is 16.7. The fourth-order valence-corrected chi connectivity index (χ4v) is 6.39. The number of phenolic OH excluding ortho intramolecular Hbond substituents is 1. The highest BCUT2D eigenvalue weighted by Gasteiger charge is 2.56. The van der Waals surface area contributed by atoms with Gasteiger partial charge in [0.05, 0.1) is 24.0 Å². The van der Waals surface area contributed by atoms with E-state index in [1.807, 2.05) is 13.0 Å². The van der Waals surface area contributed by atoms with Crippen LogP contribution in [0.25, 0.3) is 0 Å². The summed E-state index contributed by atoms with van der Waals surface area (Å²) in [5.74, 6) is -2.98. The molecule has 4 unspecified atom stereocenters. The Morgan fingerprint density at radius 3 is 2.57 bits per heavy atom. The molecule has 182 valence electrons. The minimum absolute atomic E-state index is 0.0565. The minimum Gasteiger partial charge on any atom is -0.503 e. The number of aromatic hydroxyl groups is 1. The Balaban J connectivity index is 1.70. The van der Waals surface area contributed by atoms with Gasteiger partial charge in [0, 0.05) is 29.2 Å². The summed E-state index contributed by atoms with van der Waals surface area (Å²) in [5.41, 5.74) is 2.53. The number of allylic oxidation sites excluding steroid dienone is 6. The topological polar surface area (TPSA) is 101 Å². The van der Waals surface area contributed by atoms with E-state index in [1.54, 1.807) is 19.1 Å². The summed E-state index contributed by atoms with van der Waals surface area (Å²) in [7, 11) is 1.40. The molecule has 1 aromatic carbocycles. The maximum Gasteiger partial charge on any atom is 0.233 e. The van der Waals surface area contributed by atoms with Gasteiger partial charge in [-0.15, -0.1) is 0 Å². The fraction of sp³-hybridized carbons (Fsp3) is 0.407. The number of hydrogen-bond acceptors (Lipinski definition) is 6. The Kier molecular flexibility index (Phi) is 5.71. The van der Waals surface area contributed by atoms with Gasteiger partial charge in [0.15, 0.2) is 23.1 Å². The molecule has 0 spiro atoms. The Morgan fingerprint density at radius 1 is 1.14 bits per heavy atom. The second-order valence-corrected chi connectivity index (χ2v) is 10.0. The van der Waals surface area contributed by atoms with E-state index in [9.17, 15) is 24.3 Å². The Labute approximate surface area is 208 Å². The van der Waals surface area contributed by atoms with Crippen molar-refractivity contribution in [3.8, 4) is 11.5 Å². The van der Waals surface area contributed by atoms with Crippen molar-refractivity contribution in [1.82, 2.24) is 4.90 Å². The average Bonchev–Trinajstić information content (AvgIpc) is 3.08. The summed E-state index contributed by atoms with van der Waals surface area (Å²) in [5, 5.41) is 10.3. The first-order valence-corrected chi connectivity index (χ1v) is 12.2. The zero-order chi connectivity index (χ0) is 25.2. The molecule has 4 atom stereocenters. The SMILES string of the molecule is CCCN1C(=O)C2CC=C3C(c4cc(Cl)c(O)c(OC)c4)C4=C(CC3C2C1=O)C(=O)C=C(C)C4=O. The van der Waals surface area contributed by atoms with Crippen LogP contribution in [0.5, 0.6) is 11.5 Å². The van der Waals surface area contributed by atoms with Crippen molar-refractivity contribution >= 4 is 35.0 Å². The summed E-state index contributed by atoms with van der Waals surface area (Å²) < 4.78 is 5.30. The number of fused-ring (bicyclic) bond motifs is 3. The molecule has 3 aliphatic carbocycles. The number of imide groups is 1. The van der Waals surface area contributed by atoms with Crippen LogP contribution in [0.3, 0.4) is 0 Å². The number of phenols is 1. The smallest absolute Gasteiger partial charge is 0.233 e. The number of methoxy groups -OCH3 is 1. The van der Waals surface area contributed by atoms with Gasteiger partial charge >= 0.3 is 0 Å². The van der Waals surface area contributed by atoms with Gasteiger partial charge in [-0.2, -0.15) is 0 Å². The molecule has 8 heteroatoms. The lowest BCUT2D eigenvalue weighted by Gasteiger charge is -2.42. The van der Waals surface area contributed by atoms with Crippen LogP contribution in [0.2, 0.25) is 5.02 Å². The molecule has 0 saturated carbocycles. The van der Waals surface area contributed by atoms with Gasteiger partial charge in [-0.1, -0.05) is 30.2 Å². The van der Waals surface area contributed by atoms with Crippen molar-refractivity contribution in [1.29, 1.82) is 0 Å². The van der Waals surface area contributed by atoms with E-state index in [2.05, 4.69) is 0 Å². The van der Waals surface area contributed by atoms with E-state index in [4.69, 9.17) is 16.3 Å². The van der Waals surface area contributed by atoms with Crippen molar-refractivity contribution in [3.05, 3.63) is 57.2 Å². The van der Waals surface area contributed by atoms with E-state index in [-0.39, 0.29) is 46.3 Å². The number of carbonyl (C=O) groups is 4. The molecular formula is C27H26ClNO6. The third kappa shape index (κ3) is 3.39. The van der Waals surface area contributed by atoms with Crippen LogP contribution in [0.15, 0.2) is 46.6 Å². The second kappa shape index (κ2) is 8.48. The normalized spacial score (nSPS) is 27.9. The first kappa shape index (κ1) is 23.5. The summed E-state index contributed by atoms with van der Waals surface area (Å²) in [6, 6.07) is 3.18. The summed E-state index contributed by atoms with van der Waals surface area (Å²) >= 11 is 6.31. The lowest BCUT2D eigenvalue weighted by molar-refractivity contribution is -0.140. The lowest BCUT2D eigenvalue weighted by Crippen LogP contribution is -2.39. The number of ketones is 2. The quantitative estimate of drug-likeness (QED) is 0.386. The van der Waals surface area contributed by atoms with Gasteiger partial charge in [-0.3, -0.25) is 24.1 Å². The molecule has 35 heavy (non-hydrogen) atoms. The molecular weight excluding hydrogens is 470 g/mol. The van der Waals surface area contributed by atoms with Crippen molar-refractivity contribution in [2.24, 2.45) is 17.8 Å². The predicted octanol–water partition coefficient (Wildman–Crippen LogP) is 3.89. The first-order valence-electron chi connectivity index (χ1n) is 11.8. The number of ether oxygens (including phenoxy) is 1. The highest BCUT2D eigenvalue weighted by atomic mass is 35.5. The van der Waals surface area contributed by atoms with Crippen LogP contribution in [0.1, 0.15) is 44.6 Å². The maximum absolute atomic E-state index is 13.4. The number of nitrogens with zero attached hydrogens (tertiary/aromatic N) is 1. The van der Waals surface area contributed by atoms with Crippen molar-refractivity contribution in [3.63, 3.8) is 0 Å². The van der Waals surface area contributed by atoms with Crippen LogP contribution < -0.4 is 4.74 Å². The highest BCUT2D eigenvalue weighted by Crippen LogP contribution is 2.56. The van der Waals surface area contributed by atoms with Crippen LogP contribution in [-0.2, 0) is 19.2 Å². The zero-order valence-electron chi connectivity index (χ0n) is 19.8. The van der Waals surface area contributed by atoms with Gasteiger partial charge in [0.1, 0.15) is 0 Å². The zero-order valence-corrected chi connectivity index (χ0v) is 20.5. The van der Waals surface area contributed by atoms with Crippen LogP contribution in [-0.4, -0.2) is 47.0 Å². The molecule has 1 N–H and O–H groups in total. The van der Waals surface area contributed by atoms with Crippen molar-refractivity contribution < 1.29 is 29.0 Å². The summed E-state index contributed by atoms with van der Waals surface area (Å²) in [6.07, 6.45) is 4.60. The number of carbonyl (C=O) groups excluding carboxylic acids is 4. The largest absolute Gasteiger partial charge is 0.503 e. The number of likely N-dealkylation sites (tertiary alicyclic amines) is 1. The third-order valence-electron chi connectivity index (χ3n) is 7.71. The van der Waals surface area contributed by atoms with E-state index in [0.717, 1.165) is 5.57 Å². The molecule has 5 rings (SSSR count). The highest BCUT2D eigenvalue weighted by molar-refractivity contribution is 6.32. The molecule has 1 fully saturated rings. The number of halogens is 1. The second-order valence-electron chi connectivity index (χ2n) is 9.61. The van der Waals surface area contributed by atoms with E-state index in [1.165, 1.54) is 18.1 Å². The van der Waals surface area contributed by atoms with Crippen LogP contribution in [0, 0.1) is 17.8 Å². The van der Waals surface area contributed by atoms with Crippen LogP contribution >= 0.6 is 11.6 Å². The molecule has 2 amide bonds. The van der Waals surface area contributed by atoms with Gasteiger partial charge in [-0.25, -0.2) is 0 Å². The third-order valence-corrected chi connectivity index (χ3v) is 8.00. The number of hydrogen-bond donors (Lipinski definition) is 1. The molecule has 1 aliphatic heterocycles. The van der Waals surface area contributed by atoms with Gasteiger partial charge in [0.25, 0.3) is 0 Å². The number of benzene rings is 1. The lowest BCUT2D eigenvalue weighted by atomic mass is 9.59. The monoisotopic (exact) mass is 495 g/mol. The molecule has 0 bridgehead atoms. The standard InChI is InChI=1S/C27H26ClNO6/c1-4-7-29-26(33)15-6-5-14-16(22(15)27(29)34)11-17-19(30)8-12(2)24(31)23(17)21(14)13-9-18(28)25(32)20(10-13)35-3/h5,8-10,15-16,21-22,32H,4,6-7,11H2,1-3H3. The number of Topliss-reactive ketones (excluding diaryl/α,β-unsaturated/α-hetero) is 1. The van der Waals surface area contributed by atoms with Gasteiger partial charge in [-0.05, 0) is 55.9 Å². The molecule has 1 aromatic rings. The summed E-state index contributed by atoms with van der Waals surface area (Å²) in [6.45, 7) is 3.90. The Hall–Kier alpha value is -3.19. The summed E-state index contributed by atoms with van der Waals surface area (Å²) in [4.78, 5) is 54.3. The molecule has 1 heterocycles. The van der Waals surface area contributed by atoms with Gasteiger partial charge < -0.3 is 9.84 Å². The number of amides is 2. The fourth-order valence-electron chi connectivity index (χ4n) is 6.17. The number of rotatable bonds is 4. The maximum atomic E-state index is 13.4. The van der Waals surface area contributed by atoms with Crippen molar-refractivity contribution in [2.75, 3.05) is 13.7 Å². The Bertz CT molecular complexity index is 1290. The van der Waals surface area contributed by atoms with E-state index in [0.29, 0.717) is 41.7 Å². The molecule has 1 saturated heterocycles. The van der Waals surface area contributed by atoms with E-state index >= 15 is 0 Å². The van der Waals surface area contributed by atoms with E-state index < -0.39 is 23.7 Å². The molecule has 7 nitrogen and oxygen atoms in total. The predicted molar refractivity (Wildman–Crippen MR) is 128 cm³/mol. The molecule has 0 aromatic heterocycles. The van der Waals surface area contributed by atoms with Crippen LogP contribution in [0.4, 0.5) is 0 Å². The Morgan fingerprint density at radius 2 is 1.89 bits per heavy atom. The van der Waals surface area contributed by atoms with Crippen molar-refractivity contribution in [2.45, 2.75) is 39.0 Å².